The van der Waals surface area contributed by atoms with Crippen LogP contribution in [-0.2, 0) is 15.6 Å². The Bertz CT molecular complexity index is 1340. The van der Waals surface area contributed by atoms with Crippen LogP contribution in [0.25, 0.3) is 12.2 Å². The molecule has 186 valence electrons. The van der Waals surface area contributed by atoms with Gasteiger partial charge in [0.05, 0.1) is 39.1 Å². The van der Waals surface area contributed by atoms with E-state index in [4.69, 9.17) is 18.9 Å². The summed E-state index contributed by atoms with van der Waals surface area (Å²) in [4.78, 5) is -0.402. The van der Waals surface area contributed by atoms with Crippen molar-refractivity contribution in [2.24, 2.45) is 0 Å². The number of phenolic OH excluding ortho intramolecular Hbond substituents is 1. The van der Waals surface area contributed by atoms with Gasteiger partial charge in [-0.1, -0.05) is 18.2 Å². The Morgan fingerprint density at radius 2 is 1.43 bits per heavy atom. The SMILES string of the molecule is COc1cc(/C=C\c2ccc(O)c(OC)c2CS(=O)(=O)c2ccc(F)c(F)c2)cc(OC)c1OC. The van der Waals surface area contributed by atoms with Crippen molar-refractivity contribution >= 4 is 22.0 Å². The lowest BCUT2D eigenvalue weighted by Crippen LogP contribution is -2.08. The van der Waals surface area contributed by atoms with Crippen LogP contribution in [-0.4, -0.2) is 42.0 Å². The maximum Gasteiger partial charge on any atom is 0.203 e. The van der Waals surface area contributed by atoms with Crippen LogP contribution in [0.3, 0.4) is 0 Å². The number of benzene rings is 3. The lowest BCUT2D eigenvalue weighted by atomic mass is 10.0. The average molecular weight is 507 g/mol. The molecule has 0 spiro atoms. The molecular weight excluding hydrogens is 482 g/mol. The molecule has 0 aliphatic rings. The second-order valence-electron chi connectivity index (χ2n) is 7.31. The number of rotatable bonds is 9. The Hall–Kier alpha value is -3.79. The standard InChI is InChI=1S/C25H24F2O7S/c1-31-22-11-15(12-23(32-2)25(22)34-4)5-6-16-7-10-21(28)24(33-3)18(16)14-35(29,30)17-8-9-19(26)20(27)13-17/h5-13,28H,14H2,1-4H3/b6-5-. The molecule has 0 aliphatic carbocycles. The highest BCUT2D eigenvalue weighted by Gasteiger charge is 2.23. The summed E-state index contributed by atoms with van der Waals surface area (Å²) in [6.07, 6.45) is 3.31. The first-order valence-corrected chi connectivity index (χ1v) is 11.8. The van der Waals surface area contributed by atoms with Gasteiger partial charge in [0.15, 0.2) is 44.5 Å². The molecule has 0 amide bonds. The fourth-order valence-corrected chi connectivity index (χ4v) is 4.89. The molecule has 0 heterocycles. The molecule has 0 aliphatic heterocycles. The molecule has 0 unspecified atom stereocenters. The third-order valence-corrected chi connectivity index (χ3v) is 6.85. The molecule has 3 aromatic carbocycles. The van der Waals surface area contributed by atoms with Gasteiger partial charge in [0.25, 0.3) is 0 Å². The number of hydrogen-bond acceptors (Lipinski definition) is 7. The second-order valence-corrected chi connectivity index (χ2v) is 9.30. The van der Waals surface area contributed by atoms with Crippen molar-refractivity contribution < 1.29 is 41.3 Å². The fraction of sp³-hybridized carbons (Fsp3) is 0.200. The molecule has 0 saturated carbocycles. The van der Waals surface area contributed by atoms with Crippen molar-refractivity contribution in [2.75, 3.05) is 28.4 Å². The number of ether oxygens (including phenoxy) is 4. The first-order valence-electron chi connectivity index (χ1n) is 10.2. The van der Waals surface area contributed by atoms with Gasteiger partial charge in [-0.05, 0) is 47.5 Å². The molecule has 0 fully saturated rings. The van der Waals surface area contributed by atoms with Crippen LogP contribution in [0.1, 0.15) is 16.7 Å². The van der Waals surface area contributed by atoms with E-state index in [1.807, 2.05) is 0 Å². The van der Waals surface area contributed by atoms with Gasteiger partial charge in [-0.3, -0.25) is 0 Å². The molecule has 0 atom stereocenters. The molecule has 3 rings (SSSR count). The predicted molar refractivity (Wildman–Crippen MR) is 127 cm³/mol. The molecule has 35 heavy (non-hydrogen) atoms. The predicted octanol–water partition coefficient (Wildman–Crippen LogP) is 4.85. The maximum atomic E-state index is 13.7. The van der Waals surface area contributed by atoms with E-state index >= 15 is 0 Å². The minimum atomic E-state index is -4.13. The van der Waals surface area contributed by atoms with E-state index in [1.165, 1.54) is 40.6 Å². The highest BCUT2D eigenvalue weighted by molar-refractivity contribution is 7.90. The molecule has 10 heteroatoms. The molecule has 0 saturated heterocycles. The topological polar surface area (TPSA) is 91.3 Å². The zero-order valence-corrected chi connectivity index (χ0v) is 20.3. The average Bonchev–Trinajstić information content (AvgIpc) is 2.84. The van der Waals surface area contributed by atoms with E-state index in [1.54, 1.807) is 24.3 Å². The third-order valence-electron chi connectivity index (χ3n) is 5.21. The van der Waals surface area contributed by atoms with Gasteiger partial charge in [0.1, 0.15) is 0 Å². The van der Waals surface area contributed by atoms with Gasteiger partial charge in [0, 0.05) is 5.56 Å². The van der Waals surface area contributed by atoms with E-state index in [9.17, 15) is 22.3 Å². The Labute approximate surface area is 202 Å². The van der Waals surface area contributed by atoms with Crippen LogP contribution in [0.5, 0.6) is 28.7 Å². The van der Waals surface area contributed by atoms with Crippen LogP contribution >= 0.6 is 0 Å². The zero-order chi connectivity index (χ0) is 25.8. The van der Waals surface area contributed by atoms with Crippen molar-refractivity contribution in [1.29, 1.82) is 0 Å². The Morgan fingerprint density at radius 1 is 0.800 bits per heavy atom. The van der Waals surface area contributed by atoms with E-state index < -0.39 is 32.1 Å². The summed E-state index contributed by atoms with van der Waals surface area (Å²) in [5.74, 6) is -2.13. The third kappa shape index (κ3) is 5.48. The lowest BCUT2D eigenvalue weighted by Gasteiger charge is -2.15. The molecule has 0 radical (unpaired) electrons. The molecule has 1 N–H and O–H groups in total. The van der Waals surface area contributed by atoms with Crippen molar-refractivity contribution in [3.8, 4) is 28.7 Å². The monoisotopic (exact) mass is 506 g/mol. The number of aromatic hydroxyl groups is 1. The summed E-state index contributed by atoms with van der Waals surface area (Å²) in [7, 11) is 1.61. The largest absolute Gasteiger partial charge is 0.504 e. The highest BCUT2D eigenvalue weighted by Crippen LogP contribution is 2.39. The van der Waals surface area contributed by atoms with Crippen LogP contribution < -0.4 is 18.9 Å². The van der Waals surface area contributed by atoms with Crippen molar-refractivity contribution in [1.82, 2.24) is 0 Å². The van der Waals surface area contributed by atoms with Crippen molar-refractivity contribution in [3.63, 3.8) is 0 Å². The van der Waals surface area contributed by atoms with Gasteiger partial charge < -0.3 is 24.1 Å². The number of halogens is 2. The zero-order valence-electron chi connectivity index (χ0n) is 19.5. The lowest BCUT2D eigenvalue weighted by molar-refractivity contribution is 0.324. The molecular formula is C25H24F2O7S. The van der Waals surface area contributed by atoms with Gasteiger partial charge in [-0.2, -0.15) is 0 Å². The molecule has 3 aromatic rings. The number of methoxy groups -OCH3 is 4. The summed E-state index contributed by atoms with van der Waals surface area (Å²) in [5, 5.41) is 10.2. The van der Waals surface area contributed by atoms with Gasteiger partial charge in [-0.15, -0.1) is 0 Å². The molecule has 0 bridgehead atoms. The smallest absolute Gasteiger partial charge is 0.203 e. The van der Waals surface area contributed by atoms with Crippen LogP contribution in [0.4, 0.5) is 8.78 Å². The minimum Gasteiger partial charge on any atom is -0.504 e. The highest BCUT2D eigenvalue weighted by atomic mass is 32.2. The summed E-state index contributed by atoms with van der Waals surface area (Å²) >= 11 is 0. The summed E-state index contributed by atoms with van der Waals surface area (Å²) < 4.78 is 74.3. The second kappa shape index (κ2) is 10.6. The van der Waals surface area contributed by atoms with Crippen LogP contribution in [0, 0.1) is 11.6 Å². The van der Waals surface area contributed by atoms with E-state index in [2.05, 4.69) is 0 Å². The van der Waals surface area contributed by atoms with Crippen LogP contribution in [0.2, 0.25) is 0 Å². The van der Waals surface area contributed by atoms with Crippen molar-refractivity contribution in [3.05, 3.63) is 70.8 Å². The summed E-state index contributed by atoms with van der Waals surface area (Å²) in [5.41, 5.74) is 1.21. The fourth-order valence-electron chi connectivity index (χ4n) is 3.49. The van der Waals surface area contributed by atoms with Gasteiger partial charge >= 0.3 is 0 Å². The van der Waals surface area contributed by atoms with Crippen LogP contribution in [0.15, 0.2) is 47.4 Å². The molecule has 7 nitrogen and oxygen atoms in total. The maximum absolute atomic E-state index is 13.7. The minimum absolute atomic E-state index is 0.0526. The summed E-state index contributed by atoms with van der Waals surface area (Å²) in [6, 6.07) is 8.62. The first kappa shape index (κ1) is 25.8. The Morgan fingerprint density at radius 3 is 1.97 bits per heavy atom. The number of sulfone groups is 1. The normalized spacial score (nSPS) is 11.5. The van der Waals surface area contributed by atoms with E-state index in [0.717, 1.165) is 12.1 Å². The Balaban J connectivity index is 2.08. The van der Waals surface area contributed by atoms with E-state index in [0.29, 0.717) is 34.4 Å². The number of hydrogen-bond donors (Lipinski definition) is 1. The Kier molecular flexibility index (Phi) is 7.85. The first-order chi connectivity index (χ1) is 16.6. The van der Waals surface area contributed by atoms with E-state index in [-0.39, 0.29) is 17.1 Å². The summed E-state index contributed by atoms with van der Waals surface area (Å²) in [6.45, 7) is 0. The van der Waals surface area contributed by atoms with Gasteiger partial charge in [0.2, 0.25) is 5.75 Å². The molecule has 0 aromatic heterocycles. The van der Waals surface area contributed by atoms with Crippen molar-refractivity contribution in [2.45, 2.75) is 10.6 Å². The quantitative estimate of drug-likeness (QED) is 0.328. The van der Waals surface area contributed by atoms with Gasteiger partial charge in [-0.25, -0.2) is 17.2 Å². The number of phenols is 1.